The summed E-state index contributed by atoms with van der Waals surface area (Å²) in [4.78, 5) is 12.7. The molecule has 0 aliphatic rings. The molecule has 1 heterocycles. The topological polar surface area (TPSA) is 56.4 Å². The molecule has 0 aliphatic carbocycles. The van der Waals surface area contributed by atoms with Crippen LogP contribution in [0.25, 0.3) is 11.0 Å². The Labute approximate surface area is 147 Å². The van der Waals surface area contributed by atoms with E-state index in [1.807, 2.05) is 62.4 Å². The van der Waals surface area contributed by atoms with Crippen molar-refractivity contribution in [1.29, 1.82) is 0 Å². The van der Waals surface area contributed by atoms with E-state index >= 15 is 0 Å². The molecule has 0 spiro atoms. The molecule has 1 N–H and O–H groups in total. The summed E-state index contributed by atoms with van der Waals surface area (Å²) < 4.78 is 9.06. The van der Waals surface area contributed by atoms with Crippen LogP contribution in [0.1, 0.15) is 18.9 Å². The molecular formula is C20H24N2O3. The van der Waals surface area contributed by atoms with E-state index in [4.69, 9.17) is 4.74 Å². The minimum atomic E-state index is -0.765. The smallest absolute Gasteiger partial charge is 0.329 e. The lowest BCUT2D eigenvalue weighted by molar-refractivity contribution is 0.0924. The molecule has 1 atom stereocenters. The summed E-state index contributed by atoms with van der Waals surface area (Å²) in [6.45, 7) is 5.06. The van der Waals surface area contributed by atoms with Gasteiger partial charge in [0.2, 0.25) is 0 Å². The van der Waals surface area contributed by atoms with Crippen LogP contribution in [0.15, 0.2) is 53.3 Å². The van der Waals surface area contributed by atoms with E-state index in [0.29, 0.717) is 6.54 Å². The molecule has 0 radical (unpaired) electrons. The van der Waals surface area contributed by atoms with Crippen LogP contribution < -0.4 is 10.4 Å². The highest BCUT2D eigenvalue weighted by Crippen LogP contribution is 2.15. The number of nitrogens with zero attached hydrogens (tertiary/aromatic N) is 2. The number of para-hydroxylation sites is 2. The predicted octanol–water partition coefficient (Wildman–Crippen LogP) is 2.96. The minimum absolute atomic E-state index is 0.0855. The molecule has 3 rings (SSSR count). The maximum absolute atomic E-state index is 12.7. The summed E-state index contributed by atoms with van der Waals surface area (Å²) in [5.41, 5.74) is 2.76. The molecule has 5 nitrogen and oxygen atoms in total. The maximum atomic E-state index is 12.7. The number of benzene rings is 2. The number of aliphatic hydroxyl groups excluding tert-OH is 1. The van der Waals surface area contributed by atoms with Crippen LogP contribution in [0.2, 0.25) is 0 Å². The van der Waals surface area contributed by atoms with E-state index < -0.39 is 6.10 Å². The Balaban J connectivity index is 1.78. The Morgan fingerprint density at radius 1 is 1.08 bits per heavy atom. The number of hydrogen-bond acceptors (Lipinski definition) is 3. The van der Waals surface area contributed by atoms with E-state index in [-0.39, 0.29) is 18.8 Å². The minimum Gasteiger partial charge on any atom is -0.491 e. The third-order valence-corrected chi connectivity index (χ3v) is 4.20. The summed E-state index contributed by atoms with van der Waals surface area (Å²) in [6, 6.07) is 15.4. The highest BCUT2D eigenvalue weighted by atomic mass is 16.5. The zero-order valence-corrected chi connectivity index (χ0v) is 14.7. The first-order valence-corrected chi connectivity index (χ1v) is 8.65. The second kappa shape index (κ2) is 7.57. The van der Waals surface area contributed by atoms with Gasteiger partial charge in [0.15, 0.2) is 0 Å². The van der Waals surface area contributed by atoms with Crippen LogP contribution in [0.3, 0.4) is 0 Å². The van der Waals surface area contributed by atoms with Crippen molar-refractivity contribution in [2.75, 3.05) is 6.61 Å². The number of ether oxygens (including phenoxy) is 1. The second-order valence-corrected chi connectivity index (χ2v) is 6.31. The van der Waals surface area contributed by atoms with Crippen molar-refractivity contribution in [2.24, 2.45) is 0 Å². The summed E-state index contributed by atoms with van der Waals surface area (Å²) in [7, 11) is 0. The number of fused-ring (bicyclic) bond motifs is 1. The quantitative estimate of drug-likeness (QED) is 0.719. The largest absolute Gasteiger partial charge is 0.491 e. The van der Waals surface area contributed by atoms with E-state index in [1.165, 1.54) is 0 Å². The molecule has 2 aromatic carbocycles. The normalized spacial score (nSPS) is 12.4. The van der Waals surface area contributed by atoms with Crippen LogP contribution in [0, 0.1) is 6.92 Å². The Morgan fingerprint density at radius 2 is 1.80 bits per heavy atom. The molecule has 0 amide bonds. The fraction of sp³-hybridized carbons (Fsp3) is 0.350. The van der Waals surface area contributed by atoms with E-state index in [0.717, 1.165) is 28.8 Å². The first-order valence-electron chi connectivity index (χ1n) is 8.65. The average Bonchev–Trinajstić information content (AvgIpc) is 2.86. The van der Waals surface area contributed by atoms with Gasteiger partial charge in [0.25, 0.3) is 0 Å². The average molecular weight is 340 g/mol. The van der Waals surface area contributed by atoms with Gasteiger partial charge in [-0.2, -0.15) is 0 Å². The SMILES string of the molecule is CCCn1c(=O)n(C[C@H](O)COc2cccc(C)c2)c2ccccc21. The van der Waals surface area contributed by atoms with Crippen molar-refractivity contribution in [3.63, 3.8) is 0 Å². The molecule has 1 aromatic heterocycles. The van der Waals surface area contributed by atoms with E-state index in [1.54, 1.807) is 9.13 Å². The van der Waals surface area contributed by atoms with Crippen LogP contribution in [-0.4, -0.2) is 27.0 Å². The molecule has 0 bridgehead atoms. The molecule has 0 saturated heterocycles. The third-order valence-electron chi connectivity index (χ3n) is 4.20. The summed E-state index contributed by atoms with van der Waals surface area (Å²) >= 11 is 0. The molecule has 3 aromatic rings. The molecule has 5 heteroatoms. The van der Waals surface area contributed by atoms with Gasteiger partial charge in [-0.05, 0) is 43.2 Å². The molecule has 0 unspecified atom stereocenters. The lowest BCUT2D eigenvalue weighted by Gasteiger charge is -2.13. The second-order valence-electron chi connectivity index (χ2n) is 6.31. The van der Waals surface area contributed by atoms with Gasteiger partial charge < -0.3 is 9.84 Å². The van der Waals surface area contributed by atoms with Crippen LogP contribution in [0.4, 0.5) is 0 Å². The fourth-order valence-electron chi connectivity index (χ4n) is 3.05. The van der Waals surface area contributed by atoms with Crippen LogP contribution in [-0.2, 0) is 13.1 Å². The van der Waals surface area contributed by atoms with Crippen molar-refractivity contribution in [3.05, 3.63) is 64.6 Å². The predicted molar refractivity (Wildman–Crippen MR) is 99.2 cm³/mol. The van der Waals surface area contributed by atoms with Crippen molar-refractivity contribution in [2.45, 2.75) is 39.5 Å². The Bertz CT molecular complexity index is 911. The number of imidazole rings is 1. The van der Waals surface area contributed by atoms with Gasteiger partial charge in [-0.3, -0.25) is 9.13 Å². The maximum Gasteiger partial charge on any atom is 0.329 e. The zero-order chi connectivity index (χ0) is 17.8. The molecule has 0 fully saturated rings. The molecule has 25 heavy (non-hydrogen) atoms. The van der Waals surface area contributed by atoms with Gasteiger partial charge in [0.05, 0.1) is 17.6 Å². The van der Waals surface area contributed by atoms with Crippen molar-refractivity contribution < 1.29 is 9.84 Å². The van der Waals surface area contributed by atoms with Crippen molar-refractivity contribution >= 4 is 11.0 Å². The van der Waals surface area contributed by atoms with Crippen LogP contribution in [0.5, 0.6) is 5.75 Å². The first kappa shape index (κ1) is 17.3. The lowest BCUT2D eigenvalue weighted by atomic mass is 10.2. The Morgan fingerprint density at radius 3 is 2.48 bits per heavy atom. The van der Waals surface area contributed by atoms with Gasteiger partial charge >= 0.3 is 5.69 Å². The standard InChI is InChI=1S/C20H24N2O3/c1-3-11-21-18-9-4-5-10-19(18)22(20(21)24)13-16(23)14-25-17-8-6-7-15(2)12-17/h4-10,12,16,23H,3,11,13-14H2,1-2H3/t16-/m0/s1. The third kappa shape index (κ3) is 3.77. The summed E-state index contributed by atoms with van der Waals surface area (Å²) in [5, 5.41) is 10.4. The van der Waals surface area contributed by atoms with Gasteiger partial charge in [-0.15, -0.1) is 0 Å². The molecule has 0 aliphatic heterocycles. The monoisotopic (exact) mass is 340 g/mol. The number of aromatic nitrogens is 2. The Hall–Kier alpha value is -2.53. The van der Waals surface area contributed by atoms with E-state index in [9.17, 15) is 9.90 Å². The van der Waals surface area contributed by atoms with Gasteiger partial charge in [-0.25, -0.2) is 4.79 Å². The zero-order valence-electron chi connectivity index (χ0n) is 14.7. The number of aryl methyl sites for hydroxylation is 2. The van der Waals surface area contributed by atoms with Gasteiger partial charge in [0.1, 0.15) is 18.5 Å². The first-order chi connectivity index (χ1) is 12.1. The van der Waals surface area contributed by atoms with Crippen molar-refractivity contribution in [3.8, 4) is 5.75 Å². The Kier molecular flexibility index (Phi) is 5.24. The summed E-state index contributed by atoms with van der Waals surface area (Å²) in [5.74, 6) is 0.722. The van der Waals surface area contributed by atoms with Crippen molar-refractivity contribution in [1.82, 2.24) is 9.13 Å². The fourth-order valence-corrected chi connectivity index (χ4v) is 3.05. The van der Waals surface area contributed by atoms with Gasteiger partial charge in [0, 0.05) is 6.54 Å². The molecule has 132 valence electrons. The number of hydrogen-bond donors (Lipinski definition) is 1. The highest BCUT2D eigenvalue weighted by Gasteiger charge is 2.15. The highest BCUT2D eigenvalue weighted by molar-refractivity contribution is 5.76. The van der Waals surface area contributed by atoms with Gasteiger partial charge in [-0.1, -0.05) is 31.2 Å². The summed E-state index contributed by atoms with van der Waals surface area (Å²) in [6.07, 6.45) is 0.117. The van der Waals surface area contributed by atoms with E-state index in [2.05, 4.69) is 0 Å². The number of aliphatic hydroxyl groups is 1. The number of rotatable bonds is 7. The van der Waals surface area contributed by atoms with Crippen LogP contribution >= 0.6 is 0 Å². The lowest BCUT2D eigenvalue weighted by Crippen LogP contribution is -2.31. The molecular weight excluding hydrogens is 316 g/mol. The molecule has 0 saturated carbocycles.